The van der Waals surface area contributed by atoms with Gasteiger partial charge in [-0.05, 0) is 25.1 Å². The first kappa shape index (κ1) is 12.1. The number of aromatic nitrogens is 3. The Morgan fingerprint density at radius 1 is 1.29 bits per heavy atom. The van der Waals surface area contributed by atoms with Crippen molar-refractivity contribution >= 4 is 15.9 Å². The molecule has 17 heavy (non-hydrogen) atoms. The first-order chi connectivity index (χ1) is 7.88. The number of hydrogen-bond acceptors (Lipinski definition) is 2. The number of hydrogen-bond donors (Lipinski definition) is 0. The molecule has 0 unspecified atom stereocenters. The number of halogens is 4. The van der Waals surface area contributed by atoms with Crippen LogP contribution in [0.4, 0.5) is 13.2 Å². The minimum atomic E-state index is -4.42. The largest absolute Gasteiger partial charge is 0.418 e. The van der Waals surface area contributed by atoms with Crippen LogP contribution < -0.4 is 0 Å². The van der Waals surface area contributed by atoms with E-state index in [9.17, 15) is 13.2 Å². The second-order valence-electron chi connectivity index (χ2n) is 3.46. The van der Waals surface area contributed by atoms with Crippen molar-refractivity contribution in [2.24, 2.45) is 0 Å². The van der Waals surface area contributed by atoms with Crippen LogP contribution in [-0.4, -0.2) is 15.0 Å². The average Bonchev–Trinajstić information content (AvgIpc) is 2.62. The van der Waals surface area contributed by atoms with Crippen LogP contribution >= 0.6 is 15.9 Å². The lowest BCUT2D eigenvalue weighted by Gasteiger charge is -2.12. The zero-order valence-electron chi connectivity index (χ0n) is 8.66. The lowest BCUT2D eigenvalue weighted by molar-refractivity contribution is -0.137. The van der Waals surface area contributed by atoms with Gasteiger partial charge >= 0.3 is 6.18 Å². The van der Waals surface area contributed by atoms with Crippen LogP contribution in [0.5, 0.6) is 0 Å². The van der Waals surface area contributed by atoms with Crippen molar-refractivity contribution in [2.75, 3.05) is 0 Å². The van der Waals surface area contributed by atoms with E-state index in [-0.39, 0.29) is 5.69 Å². The Labute approximate surface area is 103 Å². The van der Waals surface area contributed by atoms with Crippen LogP contribution in [0.1, 0.15) is 11.3 Å². The molecule has 90 valence electrons. The third-order valence-corrected chi connectivity index (χ3v) is 2.61. The van der Waals surface area contributed by atoms with Crippen LogP contribution in [0.3, 0.4) is 0 Å². The van der Waals surface area contributed by atoms with Crippen molar-refractivity contribution < 1.29 is 13.2 Å². The third kappa shape index (κ3) is 2.49. The summed E-state index contributed by atoms with van der Waals surface area (Å²) in [4.78, 5) is 0. The van der Waals surface area contributed by atoms with Gasteiger partial charge in [-0.3, -0.25) is 0 Å². The number of nitrogens with zero attached hydrogens (tertiary/aromatic N) is 3. The second-order valence-corrected chi connectivity index (χ2v) is 4.38. The molecule has 2 aromatic rings. The van der Waals surface area contributed by atoms with Gasteiger partial charge in [0.05, 0.1) is 23.1 Å². The molecule has 2 rings (SSSR count). The van der Waals surface area contributed by atoms with Gasteiger partial charge in [0.15, 0.2) is 0 Å². The molecular weight excluding hydrogens is 299 g/mol. The minimum Gasteiger partial charge on any atom is -0.220 e. The summed E-state index contributed by atoms with van der Waals surface area (Å²) in [6, 6.07) is 3.71. The lowest BCUT2D eigenvalue weighted by atomic mass is 10.1. The van der Waals surface area contributed by atoms with E-state index in [1.54, 1.807) is 6.92 Å². The smallest absolute Gasteiger partial charge is 0.220 e. The van der Waals surface area contributed by atoms with Crippen LogP contribution in [-0.2, 0) is 6.18 Å². The maximum Gasteiger partial charge on any atom is 0.418 e. The molecule has 0 saturated heterocycles. The molecule has 0 aliphatic heterocycles. The Bertz CT molecular complexity index is 548. The highest BCUT2D eigenvalue weighted by molar-refractivity contribution is 9.10. The van der Waals surface area contributed by atoms with Gasteiger partial charge in [0.1, 0.15) is 0 Å². The summed E-state index contributed by atoms with van der Waals surface area (Å²) in [5, 5.41) is 7.32. The highest BCUT2D eigenvalue weighted by atomic mass is 79.9. The molecule has 0 saturated carbocycles. The maximum atomic E-state index is 12.8. The van der Waals surface area contributed by atoms with E-state index in [0.29, 0.717) is 10.2 Å². The Morgan fingerprint density at radius 2 is 2.00 bits per heavy atom. The van der Waals surface area contributed by atoms with E-state index in [0.717, 1.165) is 10.7 Å². The van der Waals surface area contributed by atoms with E-state index in [1.165, 1.54) is 18.3 Å². The zero-order valence-corrected chi connectivity index (χ0v) is 10.2. The molecule has 0 atom stereocenters. The predicted octanol–water partition coefficient (Wildman–Crippen LogP) is 3.36. The Morgan fingerprint density at radius 3 is 2.53 bits per heavy atom. The van der Waals surface area contributed by atoms with Crippen molar-refractivity contribution in [3.8, 4) is 5.69 Å². The van der Waals surface area contributed by atoms with Crippen LogP contribution in [0, 0.1) is 6.92 Å². The third-order valence-electron chi connectivity index (χ3n) is 2.12. The summed E-state index contributed by atoms with van der Waals surface area (Å²) in [5.41, 5.74) is -0.240. The zero-order chi connectivity index (χ0) is 12.6. The van der Waals surface area contributed by atoms with E-state index in [4.69, 9.17) is 0 Å². The van der Waals surface area contributed by atoms with Gasteiger partial charge in [0, 0.05) is 4.47 Å². The Hall–Kier alpha value is -1.37. The summed E-state index contributed by atoms with van der Waals surface area (Å²) >= 11 is 3.14. The van der Waals surface area contributed by atoms with E-state index >= 15 is 0 Å². The quantitative estimate of drug-likeness (QED) is 0.809. The highest BCUT2D eigenvalue weighted by Gasteiger charge is 2.34. The standard InChI is InChI=1S/C10H7BrF3N3/c1-6-5-17(16-15-6)9-4-7(11)2-3-8(9)10(12,13)14/h2-5H,1H3. The second kappa shape index (κ2) is 4.14. The number of rotatable bonds is 1. The van der Waals surface area contributed by atoms with Crippen LogP contribution in [0.15, 0.2) is 28.9 Å². The molecule has 0 amide bonds. The SMILES string of the molecule is Cc1cn(-c2cc(Br)ccc2C(F)(F)F)nn1. The molecule has 0 bridgehead atoms. The molecule has 0 aliphatic carbocycles. The maximum absolute atomic E-state index is 12.8. The van der Waals surface area contributed by atoms with E-state index < -0.39 is 11.7 Å². The molecule has 0 N–H and O–H groups in total. The molecule has 0 fully saturated rings. The van der Waals surface area contributed by atoms with Gasteiger partial charge in [-0.15, -0.1) is 5.10 Å². The van der Waals surface area contributed by atoms with Crippen LogP contribution in [0.2, 0.25) is 0 Å². The van der Waals surface area contributed by atoms with Crippen molar-refractivity contribution in [1.29, 1.82) is 0 Å². The van der Waals surface area contributed by atoms with Crippen molar-refractivity contribution in [1.82, 2.24) is 15.0 Å². The first-order valence-corrected chi connectivity index (χ1v) is 5.43. The average molecular weight is 306 g/mol. The van der Waals surface area contributed by atoms with Gasteiger partial charge in [-0.25, -0.2) is 4.68 Å². The summed E-state index contributed by atoms with van der Waals surface area (Å²) < 4.78 is 40.1. The van der Waals surface area contributed by atoms with Gasteiger partial charge in [0.2, 0.25) is 0 Å². The molecule has 7 heteroatoms. The van der Waals surface area contributed by atoms with Crippen molar-refractivity contribution in [3.05, 3.63) is 40.1 Å². The molecular formula is C10H7BrF3N3. The molecule has 0 radical (unpaired) electrons. The first-order valence-electron chi connectivity index (χ1n) is 4.64. The molecule has 1 aromatic heterocycles. The van der Waals surface area contributed by atoms with Crippen molar-refractivity contribution in [2.45, 2.75) is 13.1 Å². The normalized spacial score (nSPS) is 11.8. The fraction of sp³-hybridized carbons (Fsp3) is 0.200. The van der Waals surface area contributed by atoms with Gasteiger partial charge in [0.25, 0.3) is 0 Å². The van der Waals surface area contributed by atoms with Crippen molar-refractivity contribution in [3.63, 3.8) is 0 Å². The van der Waals surface area contributed by atoms with E-state index in [1.807, 2.05) is 0 Å². The fourth-order valence-electron chi connectivity index (χ4n) is 1.40. The van der Waals surface area contributed by atoms with Gasteiger partial charge < -0.3 is 0 Å². The number of aryl methyl sites for hydroxylation is 1. The highest BCUT2D eigenvalue weighted by Crippen LogP contribution is 2.34. The van der Waals surface area contributed by atoms with E-state index in [2.05, 4.69) is 26.2 Å². The summed E-state index contributed by atoms with van der Waals surface area (Å²) in [6.45, 7) is 1.66. The molecule has 1 aromatic carbocycles. The number of benzene rings is 1. The molecule has 3 nitrogen and oxygen atoms in total. The van der Waals surface area contributed by atoms with Crippen LogP contribution in [0.25, 0.3) is 5.69 Å². The molecule has 0 aliphatic rings. The molecule has 1 heterocycles. The lowest BCUT2D eigenvalue weighted by Crippen LogP contribution is -2.11. The topological polar surface area (TPSA) is 30.7 Å². The summed E-state index contributed by atoms with van der Waals surface area (Å²) in [6.07, 6.45) is -2.98. The fourth-order valence-corrected chi connectivity index (χ4v) is 1.75. The summed E-state index contributed by atoms with van der Waals surface area (Å²) in [7, 11) is 0. The summed E-state index contributed by atoms with van der Waals surface area (Å²) in [5.74, 6) is 0. The van der Waals surface area contributed by atoms with Gasteiger partial charge in [-0.1, -0.05) is 21.1 Å². The van der Waals surface area contributed by atoms with Gasteiger partial charge in [-0.2, -0.15) is 13.2 Å². The Balaban J connectivity index is 2.63. The monoisotopic (exact) mass is 305 g/mol. The minimum absolute atomic E-state index is 0.0486. The Kier molecular flexibility index (Phi) is 2.94. The predicted molar refractivity (Wildman–Crippen MR) is 58.8 cm³/mol. The molecule has 0 spiro atoms. The number of alkyl halides is 3.